The minimum atomic E-state index is -0.312. The van der Waals surface area contributed by atoms with E-state index in [9.17, 15) is 5.11 Å². The number of methoxy groups -OCH3 is 1. The van der Waals surface area contributed by atoms with Crippen molar-refractivity contribution in [3.8, 4) is 5.75 Å². The van der Waals surface area contributed by atoms with Crippen LogP contribution in [0.1, 0.15) is 12.0 Å². The Balaban J connectivity index is 1.73. The summed E-state index contributed by atoms with van der Waals surface area (Å²) in [4.78, 5) is 1.13. The molecule has 2 aromatic carbocycles. The summed E-state index contributed by atoms with van der Waals surface area (Å²) in [5, 5.41) is 10.8. The van der Waals surface area contributed by atoms with Crippen molar-refractivity contribution in [1.29, 1.82) is 0 Å². The summed E-state index contributed by atoms with van der Waals surface area (Å²) < 4.78 is 5.13. The van der Waals surface area contributed by atoms with Gasteiger partial charge in [0.2, 0.25) is 0 Å². The van der Waals surface area contributed by atoms with Crippen molar-refractivity contribution in [3.63, 3.8) is 0 Å². The summed E-state index contributed by atoms with van der Waals surface area (Å²) >= 11 is 7.50. The highest BCUT2D eigenvalue weighted by Crippen LogP contribution is 2.22. The first-order chi connectivity index (χ1) is 10.2. The smallest absolute Gasteiger partial charge is 0.118 e. The van der Waals surface area contributed by atoms with Gasteiger partial charge in [-0.25, -0.2) is 0 Å². The predicted octanol–water partition coefficient (Wildman–Crippen LogP) is 4.43. The zero-order valence-electron chi connectivity index (χ0n) is 12.0. The molecule has 2 nitrogen and oxygen atoms in total. The van der Waals surface area contributed by atoms with Crippen molar-refractivity contribution in [1.82, 2.24) is 0 Å². The Bertz CT molecular complexity index is 540. The Kier molecular flexibility index (Phi) is 6.43. The Labute approximate surface area is 135 Å². The lowest BCUT2D eigenvalue weighted by Gasteiger charge is -2.10. The molecule has 0 aliphatic rings. The molecule has 0 aliphatic carbocycles. The monoisotopic (exact) mass is 322 g/mol. The van der Waals surface area contributed by atoms with E-state index in [1.54, 1.807) is 18.9 Å². The highest BCUT2D eigenvalue weighted by Gasteiger charge is 2.06. The van der Waals surface area contributed by atoms with E-state index in [0.29, 0.717) is 5.75 Å². The minimum Gasteiger partial charge on any atom is -0.497 e. The molecular formula is C17H19ClO2S. The minimum absolute atomic E-state index is 0.312. The van der Waals surface area contributed by atoms with Crippen molar-refractivity contribution in [2.45, 2.75) is 23.8 Å². The van der Waals surface area contributed by atoms with Crippen LogP contribution >= 0.6 is 23.4 Å². The highest BCUT2D eigenvalue weighted by molar-refractivity contribution is 7.99. The number of benzene rings is 2. The van der Waals surface area contributed by atoms with Crippen LogP contribution in [-0.2, 0) is 6.42 Å². The fourth-order valence-corrected chi connectivity index (χ4v) is 2.94. The molecule has 112 valence electrons. The molecule has 0 aliphatic heterocycles. The molecule has 1 unspecified atom stereocenters. The summed E-state index contributed by atoms with van der Waals surface area (Å²) in [5.74, 6) is 1.55. The molecule has 0 aromatic heterocycles. The second kappa shape index (κ2) is 8.32. The van der Waals surface area contributed by atoms with Crippen LogP contribution in [0, 0.1) is 0 Å². The third kappa shape index (κ3) is 5.62. The van der Waals surface area contributed by atoms with Crippen LogP contribution in [0.4, 0.5) is 0 Å². The van der Waals surface area contributed by atoms with E-state index in [0.717, 1.165) is 28.5 Å². The van der Waals surface area contributed by atoms with Crippen molar-refractivity contribution in [3.05, 3.63) is 59.1 Å². The second-order valence-corrected chi connectivity index (χ2v) is 6.34. The normalized spacial score (nSPS) is 12.1. The first-order valence-corrected chi connectivity index (χ1v) is 8.23. The van der Waals surface area contributed by atoms with E-state index in [-0.39, 0.29) is 6.10 Å². The van der Waals surface area contributed by atoms with Gasteiger partial charge in [0.05, 0.1) is 13.2 Å². The van der Waals surface area contributed by atoms with Gasteiger partial charge in [0.15, 0.2) is 0 Å². The topological polar surface area (TPSA) is 29.5 Å². The number of aliphatic hydroxyl groups excluding tert-OH is 1. The third-order valence-corrected chi connectivity index (χ3v) is 4.59. The van der Waals surface area contributed by atoms with Gasteiger partial charge in [-0.05, 0) is 54.8 Å². The first-order valence-electron chi connectivity index (χ1n) is 6.87. The van der Waals surface area contributed by atoms with Gasteiger partial charge in [-0.2, -0.15) is 0 Å². The second-order valence-electron chi connectivity index (χ2n) is 4.81. The highest BCUT2D eigenvalue weighted by atomic mass is 35.5. The summed E-state index contributed by atoms with van der Waals surface area (Å²) in [6.07, 6.45) is 1.31. The molecule has 2 aromatic rings. The van der Waals surface area contributed by atoms with Crippen molar-refractivity contribution in [2.75, 3.05) is 12.9 Å². The molecule has 0 heterocycles. The van der Waals surface area contributed by atoms with Gasteiger partial charge in [-0.15, -0.1) is 11.8 Å². The van der Waals surface area contributed by atoms with Crippen LogP contribution in [0.5, 0.6) is 5.75 Å². The number of aryl methyl sites for hydroxylation is 1. The Morgan fingerprint density at radius 2 is 1.76 bits per heavy atom. The number of aliphatic hydroxyl groups is 1. The molecule has 2 rings (SSSR count). The first kappa shape index (κ1) is 16.2. The summed E-state index contributed by atoms with van der Waals surface area (Å²) in [7, 11) is 1.66. The van der Waals surface area contributed by atoms with Gasteiger partial charge >= 0.3 is 0 Å². The number of ether oxygens (including phenoxy) is 1. The number of rotatable bonds is 7. The maximum atomic E-state index is 10.1. The number of hydrogen-bond donors (Lipinski definition) is 1. The molecule has 1 N–H and O–H groups in total. The Morgan fingerprint density at radius 3 is 2.38 bits per heavy atom. The SMILES string of the molecule is COc1ccc(CCC(O)CSc2ccc(Cl)cc2)cc1. The molecule has 21 heavy (non-hydrogen) atoms. The quantitative estimate of drug-likeness (QED) is 0.764. The predicted molar refractivity (Wildman–Crippen MR) is 89.5 cm³/mol. The fourth-order valence-electron chi connectivity index (χ4n) is 1.93. The van der Waals surface area contributed by atoms with Crippen LogP contribution in [-0.4, -0.2) is 24.1 Å². The van der Waals surface area contributed by atoms with Gasteiger partial charge in [0.25, 0.3) is 0 Å². The molecule has 0 fully saturated rings. The molecule has 0 radical (unpaired) electrons. The standard InChI is InChI=1S/C17H19ClO2S/c1-20-16-8-3-13(4-9-16)2-7-15(19)12-21-17-10-5-14(18)6-11-17/h3-6,8-11,15,19H,2,7,12H2,1H3. The molecule has 4 heteroatoms. The average molecular weight is 323 g/mol. The largest absolute Gasteiger partial charge is 0.497 e. The van der Waals surface area contributed by atoms with Gasteiger partial charge in [0.1, 0.15) is 5.75 Å². The van der Waals surface area contributed by atoms with Crippen molar-refractivity contribution in [2.24, 2.45) is 0 Å². The van der Waals surface area contributed by atoms with E-state index in [4.69, 9.17) is 16.3 Å². The number of halogens is 1. The molecule has 0 bridgehead atoms. The van der Waals surface area contributed by atoms with Crippen molar-refractivity contribution < 1.29 is 9.84 Å². The Hall–Kier alpha value is -1.16. The Morgan fingerprint density at radius 1 is 1.10 bits per heavy atom. The van der Waals surface area contributed by atoms with E-state index >= 15 is 0 Å². The summed E-state index contributed by atoms with van der Waals surface area (Å²) in [6, 6.07) is 15.7. The maximum absolute atomic E-state index is 10.1. The van der Waals surface area contributed by atoms with Crippen LogP contribution in [0.15, 0.2) is 53.4 Å². The van der Waals surface area contributed by atoms with E-state index in [2.05, 4.69) is 0 Å². The average Bonchev–Trinajstić information content (AvgIpc) is 2.53. The molecule has 0 saturated heterocycles. The molecule has 0 amide bonds. The zero-order chi connectivity index (χ0) is 15.1. The number of hydrogen-bond acceptors (Lipinski definition) is 3. The van der Waals surface area contributed by atoms with E-state index < -0.39 is 0 Å². The summed E-state index contributed by atoms with van der Waals surface area (Å²) in [6.45, 7) is 0. The fraction of sp³-hybridized carbons (Fsp3) is 0.294. The maximum Gasteiger partial charge on any atom is 0.118 e. The van der Waals surface area contributed by atoms with Gasteiger partial charge in [-0.3, -0.25) is 0 Å². The molecule has 0 spiro atoms. The van der Waals surface area contributed by atoms with Crippen LogP contribution in [0.25, 0.3) is 0 Å². The van der Waals surface area contributed by atoms with Crippen LogP contribution in [0.2, 0.25) is 5.02 Å². The number of thioether (sulfide) groups is 1. The summed E-state index contributed by atoms with van der Waals surface area (Å²) in [5.41, 5.74) is 1.21. The molecule has 1 atom stereocenters. The van der Waals surface area contributed by atoms with Gasteiger partial charge in [0, 0.05) is 15.7 Å². The van der Waals surface area contributed by atoms with E-state index in [1.807, 2.05) is 48.5 Å². The lowest BCUT2D eigenvalue weighted by atomic mass is 10.1. The lowest BCUT2D eigenvalue weighted by molar-refractivity contribution is 0.189. The van der Waals surface area contributed by atoms with E-state index in [1.165, 1.54) is 5.56 Å². The van der Waals surface area contributed by atoms with Gasteiger partial charge in [-0.1, -0.05) is 23.7 Å². The zero-order valence-corrected chi connectivity index (χ0v) is 13.5. The van der Waals surface area contributed by atoms with Crippen LogP contribution in [0.3, 0.4) is 0 Å². The lowest BCUT2D eigenvalue weighted by Crippen LogP contribution is -2.11. The van der Waals surface area contributed by atoms with Crippen LogP contribution < -0.4 is 4.74 Å². The van der Waals surface area contributed by atoms with Crippen molar-refractivity contribution >= 4 is 23.4 Å². The van der Waals surface area contributed by atoms with Gasteiger partial charge < -0.3 is 9.84 Å². The molecule has 0 saturated carbocycles. The third-order valence-electron chi connectivity index (χ3n) is 3.18. The molecular weight excluding hydrogens is 304 g/mol.